The zero-order valence-electron chi connectivity index (χ0n) is 16.1. The zero-order valence-corrected chi connectivity index (χ0v) is 16.1. The average Bonchev–Trinajstić information content (AvgIpc) is 3.19. The first-order valence-corrected chi connectivity index (χ1v) is 9.59. The SMILES string of the molecule is CC(=O)NC[C@H]1CC(c2ccc(-c3ccc(CNCCCF)cc3)cc2)=NO1. The Morgan fingerprint density at radius 3 is 2.39 bits per heavy atom. The number of nitrogens with one attached hydrogen (secondary N) is 2. The quantitative estimate of drug-likeness (QED) is 0.652. The number of nitrogens with zero attached hydrogens (tertiary/aromatic N) is 1. The molecule has 28 heavy (non-hydrogen) atoms. The van der Waals surface area contributed by atoms with Crippen LogP contribution in [0.2, 0.25) is 0 Å². The summed E-state index contributed by atoms with van der Waals surface area (Å²) in [6.07, 6.45) is 1.13. The van der Waals surface area contributed by atoms with E-state index in [1.54, 1.807) is 0 Å². The van der Waals surface area contributed by atoms with E-state index in [9.17, 15) is 9.18 Å². The highest BCUT2D eigenvalue weighted by Gasteiger charge is 2.22. The predicted octanol–water partition coefficient (Wildman–Crippen LogP) is 3.43. The van der Waals surface area contributed by atoms with Crippen LogP contribution in [-0.2, 0) is 16.2 Å². The fourth-order valence-corrected chi connectivity index (χ4v) is 3.06. The van der Waals surface area contributed by atoms with Crippen LogP contribution in [0.15, 0.2) is 53.7 Å². The monoisotopic (exact) mass is 383 g/mol. The summed E-state index contributed by atoms with van der Waals surface area (Å²) in [4.78, 5) is 16.4. The fraction of sp³-hybridized carbons (Fsp3) is 0.364. The highest BCUT2D eigenvalue weighted by atomic mass is 19.1. The molecule has 3 rings (SSSR count). The molecule has 2 aromatic carbocycles. The maximum atomic E-state index is 12.1. The lowest BCUT2D eigenvalue weighted by molar-refractivity contribution is -0.119. The van der Waals surface area contributed by atoms with Gasteiger partial charge < -0.3 is 15.5 Å². The van der Waals surface area contributed by atoms with Gasteiger partial charge in [-0.2, -0.15) is 0 Å². The number of hydrogen-bond acceptors (Lipinski definition) is 4. The van der Waals surface area contributed by atoms with Crippen molar-refractivity contribution in [3.8, 4) is 11.1 Å². The molecule has 6 heteroatoms. The van der Waals surface area contributed by atoms with E-state index in [1.165, 1.54) is 12.5 Å². The van der Waals surface area contributed by atoms with Crippen LogP contribution in [0.25, 0.3) is 11.1 Å². The van der Waals surface area contributed by atoms with Gasteiger partial charge in [-0.1, -0.05) is 53.7 Å². The minimum absolute atomic E-state index is 0.0667. The highest BCUT2D eigenvalue weighted by molar-refractivity contribution is 6.01. The third-order valence-electron chi connectivity index (χ3n) is 4.63. The number of rotatable bonds is 9. The van der Waals surface area contributed by atoms with Gasteiger partial charge in [0.15, 0.2) is 0 Å². The topological polar surface area (TPSA) is 62.7 Å². The van der Waals surface area contributed by atoms with Crippen molar-refractivity contribution in [2.75, 3.05) is 19.8 Å². The van der Waals surface area contributed by atoms with E-state index in [2.05, 4.69) is 52.2 Å². The molecule has 0 aromatic heterocycles. The van der Waals surface area contributed by atoms with Crippen LogP contribution in [0.5, 0.6) is 0 Å². The van der Waals surface area contributed by atoms with Crippen LogP contribution < -0.4 is 10.6 Å². The lowest BCUT2D eigenvalue weighted by Crippen LogP contribution is -2.30. The van der Waals surface area contributed by atoms with Crippen LogP contribution in [-0.4, -0.2) is 37.5 Å². The van der Waals surface area contributed by atoms with E-state index >= 15 is 0 Å². The first kappa shape index (κ1) is 20.0. The zero-order chi connectivity index (χ0) is 19.8. The Morgan fingerprint density at radius 2 is 1.75 bits per heavy atom. The standard InChI is InChI=1S/C22H26FN3O2/c1-16(27)25-15-21-13-22(26-28-21)20-9-7-19(8-10-20)18-5-3-17(4-6-18)14-24-12-2-11-23/h3-10,21,24H,2,11-15H2,1H3,(H,25,27)/t21-/m1/s1. The molecule has 1 aliphatic heterocycles. The fourth-order valence-electron chi connectivity index (χ4n) is 3.06. The molecule has 0 fully saturated rings. The largest absolute Gasteiger partial charge is 0.390 e. The van der Waals surface area contributed by atoms with Gasteiger partial charge in [-0.3, -0.25) is 9.18 Å². The van der Waals surface area contributed by atoms with Crippen LogP contribution in [0.4, 0.5) is 4.39 Å². The Balaban J connectivity index is 1.55. The lowest BCUT2D eigenvalue weighted by Gasteiger charge is -2.08. The molecule has 0 saturated carbocycles. The summed E-state index contributed by atoms with van der Waals surface area (Å²) in [7, 11) is 0. The number of carbonyl (C=O) groups is 1. The summed E-state index contributed by atoms with van der Waals surface area (Å²) < 4.78 is 12.1. The Labute approximate surface area is 165 Å². The molecule has 1 amide bonds. The van der Waals surface area contributed by atoms with Crippen molar-refractivity contribution in [3.05, 3.63) is 59.7 Å². The van der Waals surface area contributed by atoms with Crippen LogP contribution in [0.1, 0.15) is 30.9 Å². The van der Waals surface area contributed by atoms with Gasteiger partial charge in [-0.25, -0.2) is 0 Å². The Morgan fingerprint density at radius 1 is 1.11 bits per heavy atom. The molecule has 0 saturated heterocycles. The molecular formula is C22H26FN3O2. The molecule has 0 spiro atoms. The van der Waals surface area contributed by atoms with Crippen molar-refractivity contribution >= 4 is 11.6 Å². The average molecular weight is 383 g/mol. The maximum absolute atomic E-state index is 12.1. The minimum Gasteiger partial charge on any atom is -0.390 e. The third kappa shape index (κ3) is 5.63. The van der Waals surface area contributed by atoms with Crippen molar-refractivity contribution < 1.29 is 14.0 Å². The number of oxime groups is 1. The summed E-state index contributed by atoms with van der Waals surface area (Å²) in [5.74, 6) is -0.0667. The molecule has 0 aliphatic carbocycles. The van der Waals surface area contributed by atoms with Crippen LogP contribution >= 0.6 is 0 Å². The van der Waals surface area contributed by atoms with Gasteiger partial charge in [0.05, 0.1) is 18.9 Å². The van der Waals surface area contributed by atoms with Crippen molar-refractivity contribution in [1.29, 1.82) is 0 Å². The van der Waals surface area contributed by atoms with Gasteiger partial charge in [-0.15, -0.1) is 0 Å². The Hall–Kier alpha value is -2.73. The summed E-state index contributed by atoms with van der Waals surface area (Å²) in [6.45, 7) is 3.12. The molecule has 148 valence electrons. The molecular weight excluding hydrogens is 357 g/mol. The van der Waals surface area contributed by atoms with Crippen molar-refractivity contribution in [3.63, 3.8) is 0 Å². The molecule has 1 aliphatic rings. The normalized spacial score (nSPS) is 15.8. The van der Waals surface area contributed by atoms with Gasteiger partial charge in [0.2, 0.25) is 5.91 Å². The smallest absolute Gasteiger partial charge is 0.217 e. The van der Waals surface area contributed by atoms with Gasteiger partial charge in [0.25, 0.3) is 0 Å². The predicted molar refractivity (Wildman–Crippen MR) is 109 cm³/mol. The molecule has 0 bridgehead atoms. The number of amides is 1. The van der Waals surface area contributed by atoms with Crippen LogP contribution in [0.3, 0.4) is 0 Å². The van der Waals surface area contributed by atoms with E-state index in [4.69, 9.17) is 4.84 Å². The lowest BCUT2D eigenvalue weighted by atomic mass is 9.99. The van der Waals surface area contributed by atoms with Crippen molar-refractivity contribution in [1.82, 2.24) is 10.6 Å². The van der Waals surface area contributed by atoms with E-state index < -0.39 is 0 Å². The first-order chi connectivity index (χ1) is 13.7. The summed E-state index contributed by atoms with van der Waals surface area (Å²) in [5.41, 5.74) is 5.39. The Bertz CT molecular complexity index is 804. The number of alkyl halides is 1. The van der Waals surface area contributed by atoms with Gasteiger partial charge in [-0.05, 0) is 35.2 Å². The van der Waals surface area contributed by atoms with Gasteiger partial charge in [0, 0.05) is 19.9 Å². The summed E-state index contributed by atoms with van der Waals surface area (Å²) >= 11 is 0. The molecule has 2 aromatic rings. The van der Waals surface area contributed by atoms with Gasteiger partial charge >= 0.3 is 0 Å². The number of benzene rings is 2. The van der Waals surface area contributed by atoms with E-state index in [0.717, 1.165) is 28.9 Å². The molecule has 1 heterocycles. The number of carbonyl (C=O) groups excluding carboxylic acids is 1. The molecule has 1 atom stereocenters. The first-order valence-electron chi connectivity index (χ1n) is 9.59. The maximum Gasteiger partial charge on any atom is 0.217 e. The highest BCUT2D eigenvalue weighted by Crippen LogP contribution is 2.23. The van der Waals surface area contributed by atoms with Crippen molar-refractivity contribution in [2.45, 2.75) is 32.4 Å². The van der Waals surface area contributed by atoms with Crippen LogP contribution in [0, 0.1) is 0 Å². The second-order valence-corrected chi connectivity index (χ2v) is 6.90. The number of hydrogen-bond donors (Lipinski definition) is 2. The summed E-state index contributed by atoms with van der Waals surface area (Å²) in [6, 6.07) is 16.6. The number of halogens is 1. The van der Waals surface area contributed by atoms with Gasteiger partial charge in [0.1, 0.15) is 6.10 Å². The van der Waals surface area contributed by atoms with E-state index in [-0.39, 0.29) is 18.7 Å². The second-order valence-electron chi connectivity index (χ2n) is 6.90. The molecule has 0 unspecified atom stereocenters. The minimum atomic E-state index is -0.281. The third-order valence-corrected chi connectivity index (χ3v) is 4.63. The second kappa shape index (κ2) is 9.99. The molecule has 0 radical (unpaired) electrons. The molecule has 2 N–H and O–H groups in total. The van der Waals surface area contributed by atoms with E-state index in [0.29, 0.717) is 25.9 Å². The Kier molecular flexibility index (Phi) is 7.14. The molecule has 5 nitrogen and oxygen atoms in total. The van der Waals surface area contributed by atoms with E-state index in [1.807, 2.05) is 12.1 Å². The van der Waals surface area contributed by atoms with Crippen molar-refractivity contribution in [2.24, 2.45) is 5.16 Å². The summed E-state index contributed by atoms with van der Waals surface area (Å²) in [5, 5.41) is 10.1.